The molecule has 0 aliphatic heterocycles. The van der Waals surface area contributed by atoms with Crippen LogP contribution < -0.4 is 14.8 Å². The third-order valence-corrected chi connectivity index (χ3v) is 3.70. The number of hydrogen-bond donors (Lipinski definition) is 2. The highest BCUT2D eigenvalue weighted by Crippen LogP contribution is 2.36. The van der Waals surface area contributed by atoms with Gasteiger partial charge in [-0.05, 0) is 18.2 Å². The van der Waals surface area contributed by atoms with Gasteiger partial charge in [-0.25, -0.2) is 4.98 Å². The van der Waals surface area contributed by atoms with E-state index >= 15 is 0 Å². The number of ether oxygens (including phenoxy) is 2. The van der Waals surface area contributed by atoms with Crippen LogP contribution in [0, 0.1) is 0 Å². The lowest BCUT2D eigenvalue weighted by atomic mass is 10.1. The number of carbonyl (C=O) groups excluding carboxylic acids is 1. The predicted molar refractivity (Wildman–Crippen MR) is 88.6 cm³/mol. The van der Waals surface area contributed by atoms with Crippen LogP contribution in [0.15, 0.2) is 36.7 Å². The second kappa shape index (κ2) is 6.18. The zero-order valence-electron chi connectivity index (χ0n) is 12.5. The van der Waals surface area contributed by atoms with E-state index < -0.39 is 0 Å². The molecular formula is C16H14ClN3O3. The quantitative estimate of drug-likeness (QED) is 0.767. The summed E-state index contributed by atoms with van der Waals surface area (Å²) in [5.74, 6) is 0.628. The molecular weight excluding hydrogens is 318 g/mol. The number of fused-ring (bicyclic) bond motifs is 1. The number of H-pyrrole nitrogens is 1. The largest absolute Gasteiger partial charge is 0.495 e. The zero-order valence-corrected chi connectivity index (χ0v) is 13.3. The number of hydrogen-bond acceptors (Lipinski definition) is 4. The minimum Gasteiger partial charge on any atom is -0.495 e. The molecule has 2 N–H and O–H groups in total. The number of benzene rings is 2. The molecule has 0 radical (unpaired) electrons. The second-order valence-electron chi connectivity index (χ2n) is 4.78. The Labute approximate surface area is 137 Å². The Kier molecular flexibility index (Phi) is 4.08. The summed E-state index contributed by atoms with van der Waals surface area (Å²) in [6.45, 7) is 0. The summed E-state index contributed by atoms with van der Waals surface area (Å²) in [4.78, 5) is 19.6. The van der Waals surface area contributed by atoms with Crippen LogP contribution in [-0.4, -0.2) is 30.1 Å². The molecule has 0 saturated heterocycles. The van der Waals surface area contributed by atoms with Crippen LogP contribution in [0.25, 0.3) is 11.0 Å². The maximum atomic E-state index is 12.5. The minimum atomic E-state index is -0.274. The molecule has 1 heterocycles. The molecule has 1 aromatic heterocycles. The number of aromatic amines is 1. The molecule has 0 spiro atoms. The normalized spacial score (nSPS) is 10.6. The Bertz CT molecular complexity index is 876. The van der Waals surface area contributed by atoms with Crippen molar-refractivity contribution in [1.29, 1.82) is 0 Å². The summed E-state index contributed by atoms with van der Waals surface area (Å²) in [6.07, 6.45) is 1.58. The standard InChI is InChI=1S/C16H14ClN3O3/c1-22-14-7-13(15(23-2)6-10(14)17)20-16(21)9-3-4-11-12(5-9)19-8-18-11/h3-8H,1-2H3,(H,18,19)(H,20,21). The molecule has 6 nitrogen and oxygen atoms in total. The third kappa shape index (κ3) is 2.93. The van der Waals surface area contributed by atoms with Gasteiger partial charge in [-0.1, -0.05) is 11.6 Å². The van der Waals surface area contributed by atoms with Crippen molar-refractivity contribution in [3.8, 4) is 11.5 Å². The molecule has 3 aromatic rings. The van der Waals surface area contributed by atoms with E-state index in [0.29, 0.717) is 27.8 Å². The highest BCUT2D eigenvalue weighted by atomic mass is 35.5. The average molecular weight is 332 g/mol. The fourth-order valence-corrected chi connectivity index (χ4v) is 2.46. The number of nitrogens with zero attached hydrogens (tertiary/aromatic N) is 1. The van der Waals surface area contributed by atoms with Gasteiger partial charge in [0.2, 0.25) is 0 Å². The number of aromatic nitrogens is 2. The van der Waals surface area contributed by atoms with Crippen LogP contribution in [0.2, 0.25) is 5.02 Å². The minimum absolute atomic E-state index is 0.274. The van der Waals surface area contributed by atoms with Crippen molar-refractivity contribution in [3.63, 3.8) is 0 Å². The van der Waals surface area contributed by atoms with E-state index in [1.54, 1.807) is 36.7 Å². The van der Waals surface area contributed by atoms with Gasteiger partial charge in [0.05, 0.1) is 42.3 Å². The lowest BCUT2D eigenvalue weighted by molar-refractivity contribution is 0.102. The number of imidazole rings is 1. The van der Waals surface area contributed by atoms with Crippen LogP contribution in [0.1, 0.15) is 10.4 Å². The number of anilines is 1. The van der Waals surface area contributed by atoms with E-state index in [1.807, 2.05) is 0 Å². The molecule has 0 aliphatic rings. The van der Waals surface area contributed by atoms with Crippen molar-refractivity contribution in [2.45, 2.75) is 0 Å². The van der Waals surface area contributed by atoms with Crippen molar-refractivity contribution in [3.05, 3.63) is 47.2 Å². The first kappa shape index (κ1) is 15.2. The Hall–Kier alpha value is -2.73. The van der Waals surface area contributed by atoms with Crippen LogP contribution >= 0.6 is 11.6 Å². The smallest absolute Gasteiger partial charge is 0.255 e. The molecule has 1 amide bonds. The van der Waals surface area contributed by atoms with Gasteiger partial charge < -0.3 is 19.8 Å². The highest BCUT2D eigenvalue weighted by molar-refractivity contribution is 6.32. The van der Waals surface area contributed by atoms with Crippen LogP contribution in [-0.2, 0) is 0 Å². The molecule has 7 heteroatoms. The molecule has 3 rings (SSSR count). The Morgan fingerprint density at radius 3 is 2.70 bits per heavy atom. The maximum Gasteiger partial charge on any atom is 0.255 e. The van der Waals surface area contributed by atoms with Gasteiger partial charge in [-0.2, -0.15) is 0 Å². The monoisotopic (exact) mass is 331 g/mol. The van der Waals surface area contributed by atoms with E-state index in [-0.39, 0.29) is 5.91 Å². The van der Waals surface area contributed by atoms with E-state index in [4.69, 9.17) is 21.1 Å². The molecule has 118 valence electrons. The van der Waals surface area contributed by atoms with E-state index in [1.165, 1.54) is 14.2 Å². The number of rotatable bonds is 4. The molecule has 2 aromatic carbocycles. The van der Waals surface area contributed by atoms with E-state index in [9.17, 15) is 4.79 Å². The lowest BCUT2D eigenvalue weighted by Gasteiger charge is -2.13. The first-order valence-corrected chi connectivity index (χ1v) is 7.16. The number of nitrogens with one attached hydrogen (secondary N) is 2. The summed E-state index contributed by atoms with van der Waals surface area (Å²) in [7, 11) is 3.01. The van der Waals surface area contributed by atoms with Crippen LogP contribution in [0.5, 0.6) is 11.5 Å². The van der Waals surface area contributed by atoms with Crippen molar-refractivity contribution in [2.75, 3.05) is 19.5 Å². The second-order valence-corrected chi connectivity index (χ2v) is 5.18. The van der Waals surface area contributed by atoms with Gasteiger partial charge >= 0.3 is 0 Å². The molecule has 0 unspecified atom stereocenters. The summed E-state index contributed by atoms with van der Waals surface area (Å²) >= 11 is 6.06. The molecule has 0 fully saturated rings. The van der Waals surface area contributed by atoms with Gasteiger partial charge in [0, 0.05) is 17.7 Å². The lowest BCUT2D eigenvalue weighted by Crippen LogP contribution is -2.12. The fourth-order valence-electron chi connectivity index (χ4n) is 2.23. The van der Waals surface area contributed by atoms with Gasteiger partial charge in [-0.15, -0.1) is 0 Å². The van der Waals surface area contributed by atoms with Crippen molar-refractivity contribution in [2.24, 2.45) is 0 Å². The topological polar surface area (TPSA) is 76.2 Å². The molecule has 0 saturated carbocycles. The Morgan fingerprint density at radius 1 is 1.17 bits per heavy atom. The van der Waals surface area contributed by atoms with Crippen LogP contribution in [0.3, 0.4) is 0 Å². The molecule has 0 bridgehead atoms. The first-order chi connectivity index (χ1) is 11.1. The summed E-state index contributed by atoms with van der Waals surface area (Å²) in [5, 5.41) is 3.20. The molecule has 23 heavy (non-hydrogen) atoms. The zero-order chi connectivity index (χ0) is 16.4. The van der Waals surface area contributed by atoms with Crippen molar-refractivity contribution >= 4 is 34.2 Å². The number of amides is 1. The predicted octanol–water partition coefficient (Wildman–Crippen LogP) is 3.49. The van der Waals surface area contributed by atoms with Crippen molar-refractivity contribution in [1.82, 2.24) is 9.97 Å². The van der Waals surface area contributed by atoms with E-state index in [2.05, 4.69) is 15.3 Å². The summed E-state index contributed by atoms with van der Waals surface area (Å²) in [5.41, 5.74) is 2.56. The van der Waals surface area contributed by atoms with Gasteiger partial charge in [0.25, 0.3) is 5.91 Å². The number of carbonyl (C=O) groups is 1. The summed E-state index contributed by atoms with van der Waals surface area (Å²) in [6, 6.07) is 8.43. The highest BCUT2D eigenvalue weighted by Gasteiger charge is 2.14. The number of methoxy groups -OCH3 is 2. The van der Waals surface area contributed by atoms with Crippen molar-refractivity contribution < 1.29 is 14.3 Å². The molecule has 0 aliphatic carbocycles. The maximum absolute atomic E-state index is 12.5. The fraction of sp³-hybridized carbons (Fsp3) is 0.125. The van der Waals surface area contributed by atoms with Gasteiger partial charge in [-0.3, -0.25) is 4.79 Å². The van der Waals surface area contributed by atoms with E-state index in [0.717, 1.165) is 11.0 Å². The van der Waals surface area contributed by atoms with Gasteiger partial charge in [0.1, 0.15) is 11.5 Å². The first-order valence-electron chi connectivity index (χ1n) is 6.78. The van der Waals surface area contributed by atoms with Gasteiger partial charge in [0.15, 0.2) is 0 Å². The average Bonchev–Trinajstić information content (AvgIpc) is 3.03. The van der Waals surface area contributed by atoms with Crippen LogP contribution in [0.4, 0.5) is 5.69 Å². The SMILES string of the molecule is COc1cc(NC(=O)c2ccc3nc[nH]c3c2)c(OC)cc1Cl. The third-order valence-electron chi connectivity index (χ3n) is 3.40. The Morgan fingerprint density at radius 2 is 1.96 bits per heavy atom. The number of halogens is 1. The Balaban J connectivity index is 1.92. The summed E-state index contributed by atoms with van der Waals surface area (Å²) < 4.78 is 10.4. The molecule has 0 atom stereocenters.